The van der Waals surface area contributed by atoms with Crippen molar-refractivity contribution in [1.82, 2.24) is 4.90 Å². The smallest absolute Gasteiger partial charge is 0.257 e. The molecule has 1 amide bonds. The Morgan fingerprint density at radius 3 is 3.06 bits per heavy atom. The van der Waals surface area contributed by atoms with Crippen molar-refractivity contribution in [3.8, 4) is 0 Å². The number of aliphatic hydroxyl groups is 1. The van der Waals surface area contributed by atoms with Gasteiger partial charge in [0.25, 0.3) is 5.91 Å². The number of likely N-dealkylation sites (tertiary alicyclic amines) is 1. The SMILES string of the molecule is O=C(c1cc(S)ccc1F)N1CCCC1CO. The maximum atomic E-state index is 13.6. The minimum Gasteiger partial charge on any atom is -0.394 e. The number of benzene rings is 1. The van der Waals surface area contributed by atoms with Crippen LogP contribution in [0.5, 0.6) is 0 Å². The highest BCUT2D eigenvalue weighted by Gasteiger charge is 2.30. The fraction of sp³-hybridized carbons (Fsp3) is 0.417. The molecular weight excluding hydrogens is 241 g/mol. The Morgan fingerprint density at radius 1 is 1.59 bits per heavy atom. The van der Waals surface area contributed by atoms with Gasteiger partial charge < -0.3 is 10.0 Å². The van der Waals surface area contributed by atoms with Crippen LogP contribution in [0.25, 0.3) is 0 Å². The van der Waals surface area contributed by atoms with E-state index in [-0.39, 0.29) is 24.1 Å². The molecule has 1 unspecified atom stereocenters. The molecule has 0 aliphatic carbocycles. The van der Waals surface area contributed by atoms with Crippen LogP contribution in [-0.2, 0) is 0 Å². The van der Waals surface area contributed by atoms with Crippen molar-refractivity contribution >= 4 is 18.5 Å². The molecule has 0 saturated carbocycles. The molecule has 3 nitrogen and oxygen atoms in total. The Labute approximate surface area is 105 Å². The van der Waals surface area contributed by atoms with Gasteiger partial charge in [-0.25, -0.2) is 4.39 Å². The van der Waals surface area contributed by atoms with Gasteiger partial charge in [-0.1, -0.05) is 0 Å². The van der Waals surface area contributed by atoms with Crippen LogP contribution in [0.4, 0.5) is 4.39 Å². The fourth-order valence-corrected chi connectivity index (χ4v) is 2.33. The maximum Gasteiger partial charge on any atom is 0.257 e. The van der Waals surface area contributed by atoms with Crippen LogP contribution in [0.2, 0.25) is 0 Å². The number of carbonyl (C=O) groups is 1. The van der Waals surface area contributed by atoms with E-state index < -0.39 is 5.82 Å². The third kappa shape index (κ3) is 2.45. The summed E-state index contributed by atoms with van der Waals surface area (Å²) in [7, 11) is 0. The Balaban J connectivity index is 2.27. The first-order chi connectivity index (χ1) is 8.13. The molecule has 0 aromatic heterocycles. The van der Waals surface area contributed by atoms with Gasteiger partial charge in [-0.05, 0) is 31.0 Å². The van der Waals surface area contributed by atoms with E-state index in [4.69, 9.17) is 5.11 Å². The molecule has 1 atom stereocenters. The van der Waals surface area contributed by atoms with E-state index in [0.717, 1.165) is 12.8 Å². The lowest BCUT2D eigenvalue weighted by Gasteiger charge is -2.23. The van der Waals surface area contributed by atoms with Gasteiger partial charge in [0.2, 0.25) is 0 Å². The second kappa shape index (κ2) is 5.06. The summed E-state index contributed by atoms with van der Waals surface area (Å²) < 4.78 is 13.6. The number of thiol groups is 1. The lowest BCUT2D eigenvalue weighted by Crippen LogP contribution is -2.38. The first-order valence-corrected chi connectivity index (χ1v) is 5.98. The zero-order chi connectivity index (χ0) is 12.4. The quantitative estimate of drug-likeness (QED) is 0.790. The first kappa shape index (κ1) is 12.4. The number of rotatable bonds is 2. The van der Waals surface area contributed by atoms with Gasteiger partial charge in [0.05, 0.1) is 18.2 Å². The third-order valence-corrected chi connectivity index (χ3v) is 3.31. The number of aliphatic hydroxyl groups excluding tert-OH is 1. The Hall–Kier alpha value is -1.07. The molecule has 1 N–H and O–H groups in total. The normalized spacial score (nSPS) is 19.7. The predicted octanol–water partition coefficient (Wildman–Crippen LogP) is 1.71. The van der Waals surface area contributed by atoms with E-state index in [9.17, 15) is 9.18 Å². The summed E-state index contributed by atoms with van der Waals surface area (Å²) in [6.07, 6.45) is 1.61. The van der Waals surface area contributed by atoms with E-state index in [1.165, 1.54) is 23.1 Å². The summed E-state index contributed by atoms with van der Waals surface area (Å²) in [5, 5.41) is 9.15. The molecule has 1 aromatic carbocycles. The van der Waals surface area contributed by atoms with Crippen LogP contribution in [0.1, 0.15) is 23.2 Å². The summed E-state index contributed by atoms with van der Waals surface area (Å²) in [6, 6.07) is 3.97. The van der Waals surface area contributed by atoms with Gasteiger partial charge in [-0.2, -0.15) is 0 Å². The Morgan fingerprint density at radius 2 is 2.35 bits per heavy atom. The highest BCUT2D eigenvalue weighted by Crippen LogP contribution is 2.22. The van der Waals surface area contributed by atoms with E-state index in [0.29, 0.717) is 11.4 Å². The van der Waals surface area contributed by atoms with E-state index in [1.807, 2.05) is 0 Å². The molecule has 5 heteroatoms. The van der Waals surface area contributed by atoms with Crippen molar-refractivity contribution in [3.63, 3.8) is 0 Å². The molecule has 1 aromatic rings. The van der Waals surface area contributed by atoms with Crippen LogP contribution in [0, 0.1) is 5.82 Å². The van der Waals surface area contributed by atoms with Crippen LogP contribution < -0.4 is 0 Å². The van der Waals surface area contributed by atoms with Crippen molar-refractivity contribution < 1.29 is 14.3 Å². The molecule has 2 rings (SSSR count). The van der Waals surface area contributed by atoms with Crippen LogP contribution in [0.3, 0.4) is 0 Å². The number of halogens is 1. The molecule has 0 spiro atoms. The second-order valence-electron chi connectivity index (χ2n) is 4.14. The minimum atomic E-state index is -0.545. The monoisotopic (exact) mass is 255 g/mol. The average molecular weight is 255 g/mol. The fourth-order valence-electron chi connectivity index (χ4n) is 2.12. The lowest BCUT2D eigenvalue weighted by atomic mass is 10.1. The molecule has 1 fully saturated rings. The standard InChI is InChI=1S/C12H14FNO2S/c13-11-4-3-9(17)6-10(11)12(16)14-5-1-2-8(14)7-15/h3-4,6,8,15,17H,1-2,5,7H2. The molecule has 1 aliphatic heterocycles. The van der Waals surface area contributed by atoms with Crippen molar-refractivity contribution in [2.45, 2.75) is 23.8 Å². The number of nitrogens with zero attached hydrogens (tertiary/aromatic N) is 1. The molecule has 1 saturated heterocycles. The van der Waals surface area contributed by atoms with Gasteiger partial charge in [-0.3, -0.25) is 4.79 Å². The van der Waals surface area contributed by atoms with E-state index in [2.05, 4.69) is 12.6 Å². The molecule has 92 valence electrons. The topological polar surface area (TPSA) is 40.5 Å². The van der Waals surface area contributed by atoms with Gasteiger partial charge in [-0.15, -0.1) is 12.6 Å². The summed E-state index contributed by atoms with van der Waals surface area (Å²) in [5.41, 5.74) is 0.0258. The zero-order valence-corrected chi connectivity index (χ0v) is 10.2. The lowest BCUT2D eigenvalue weighted by molar-refractivity contribution is 0.0672. The number of carbonyl (C=O) groups excluding carboxylic acids is 1. The average Bonchev–Trinajstić information content (AvgIpc) is 2.79. The van der Waals surface area contributed by atoms with Crippen LogP contribution in [0.15, 0.2) is 23.1 Å². The molecule has 0 bridgehead atoms. The highest BCUT2D eigenvalue weighted by atomic mass is 32.1. The summed E-state index contributed by atoms with van der Waals surface area (Å²) in [6.45, 7) is 0.494. The number of hydrogen-bond donors (Lipinski definition) is 2. The number of amides is 1. The van der Waals surface area contributed by atoms with Crippen molar-refractivity contribution in [2.75, 3.05) is 13.2 Å². The zero-order valence-electron chi connectivity index (χ0n) is 9.27. The third-order valence-electron chi connectivity index (χ3n) is 3.03. The highest BCUT2D eigenvalue weighted by molar-refractivity contribution is 7.80. The summed E-state index contributed by atoms with van der Waals surface area (Å²) >= 11 is 4.10. The largest absolute Gasteiger partial charge is 0.394 e. The van der Waals surface area contributed by atoms with Crippen molar-refractivity contribution in [3.05, 3.63) is 29.6 Å². The molecule has 0 radical (unpaired) electrons. The molecule has 17 heavy (non-hydrogen) atoms. The van der Waals surface area contributed by atoms with Crippen LogP contribution in [-0.4, -0.2) is 35.1 Å². The van der Waals surface area contributed by atoms with Crippen molar-refractivity contribution in [2.24, 2.45) is 0 Å². The van der Waals surface area contributed by atoms with Crippen LogP contribution >= 0.6 is 12.6 Å². The summed E-state index contributed by atoms with van der Waals surface area (Å²) in [5.74, 6) is -0.911. The summed E-state index contributed by atoms with van der Waals surface area (Å²) in [4.78, 5) is 14.2. The van der Waals surface area contributed by atoms with Gasteiger partial charge in [0, 0.05) is 11.4 Å². The Bertz CT molecular complexity index is 439. The van der Waals surface area contributed by atoms with E-state index in [1.54, 1.807) is 0 Å². The minimum absolute atomic E-state index is 0.0258. The van der Waals surface area contributed by atoms with Gasteiger partial charge in [0.1, 0.15) is 5.82 Å². The second-order valence-corrected chi connectivity index (χ2v) is 4.66. The number of hydrogen-bond acceptors (Lipinski definition) is 3. The van der Waals surface area contributed by atoms with Gasteiger partial charge >= 0.3 is 0 Å². The first-order valence-electron chi connectivity index (χ1n) is 5.54. The van der Waals surface area contributed by atoms with E-state index >= 15 is 0 Å². The molecule has 1 heterocycles. The Kier molecular flexibility index (Phi) is 3.69. The predicted molar refractivity (Wildman–Crippen MR) is 64.8 cm³/mol. The molecular formula is C12H14FNO2S. The van der Waals surface area contributed by atoms with Crippen molar-refractivity contribution in [1.29, 1.82) is 0 Å². The maximum absolute atomic E-state index is 13.6. The molecule has 1 aliphatic rings. The van der Waals surface area contributed by atoms with Gasteiger partial charge in [0.15, 0.2) is 0 Å².